The molecular formula is C31H54O2. The van der Waals surface area contributed by atoms with Gasteiger partial charge in [-0.25, -0.2) is 0 Å². The van der Waals surface area contributed by atoms with Crippen molar-refractivity contribution in [2.45, 2.75) is 132 Å². The summed E-state index contributed by atoms with van der Waals surface area (Å²) in [6.45, 7) is 16.8. The lowest BCUT2D eigenvalue weighted by atomic mass is 9.44. The molecule has 0 aliphatic heterocycles. The highest BCUT2D eigenvalue weighted by molar-refractivity contribution is 5.66. The fourth-order valence-corrected chi connectivity index (χ4v) is 10.2. The number of fused-ring (bicyclic) bond motifs is 5. The van der Waals surface area contributed by atoms with E-state index in [0.717, 1.165) is 60.2 Å². The number of carbonyl (C=O) groups is 1. The molecule has 0 amide bonds. The van der Waals surface area contributed by atoms with E-state index in [1.165, 1.54) is 64.2 Å². The normalized spacial score (nSPS) is 44.5. The molecule has 2 nitrogen and oxygen atoms in total. The first-order valence-electron chi connectivity index (χ1n) is 14.8. The van der Waals surface area contributed by atoms with Crippen LogP contribution in [0, 0.1) is 58.2 Å². The Morgan fingerprint density at radius 2 is 1.61 bits per heavy atom. The Morgan fingerprint density at radius 1 is 0.909 bits per heavy atom. The second-order valence-electron chi connectivity index (χ2n) is 13.9. The number of ether oxygens (including phenoxy) is 1. The summed E-state index contributed by atoms with van der Waals surface area (Å²) in [6, 6.07) is 0. The zero-order valence-electron chi connectivity index (χ0n) is 23.0. The molecule has 0 saturated heterocycles. The largest absolute Gasteiger partial charge is 0.463 e. The standard InChI is InChI=1S/C31H54O2/c1-8-23(20(2)3)10-9-21(4)27-13-14-28-26-12-11-24-19-25(33-22(5)32)15-17-30(24,6)29(26)16-18-31(27,28)7/h20-21,23-29H,8-19H2,1-7H3/t21?,23?,24?,25?,26?,27?,28?,29?,30-,31+/m0/s1. The van der Waals surface area contributed by atoms with Crippen LogP contribution in [0.3, 0.4) is 0 Å². The highest BCUT2D eigenvalue weighted by Gasteiger charge is 2.60. The fraction of sp³-hybridized carbons (Fsp3) is 0.968. The van der Waals surface area contributed by atoms with E-state index in [9.17, 15) is 4.79 Å². The van der Waals surface area contributed by atoms with Crippen LogP contribution in [0.1, 0.15) is 126 Å². The molecule has 0 heterocycles. The molecule has 10 atom stereocenters. The van der Waals surface area contributed by atoms with Crippen LogP contribution in [0.4, 0.5) is 0 Å². The molecule has 0 N–H and O–H groups in total. The quantitative estimate of drug-likeness (QED) is 0.357. The lowest BCUT2D eigenvalue weighted by molar-refractivity contribution is -0.160. The Kier molecular flexibility index (Phi) is 7.63. The molecule has 4 aliphatic rings. The maximum Gasteiger partial charge on any atom is 0.302 e. The molecule has 0 aromatic heterocycles. The Balaban J connectivity index is 1.42. The summed E-state index contributed by atoms with van der Waals surface area (Å²) < 4.78 is 5.67. The average molecular weight is 459 g/mol. The average Bonchev–Trinajstić information content (AvgIpc) is 3.11. The van der Waals surface area contributed by atoms with Gasteiger partial charge in [0.2, 0.25) is 0 Å². The van der Waals surface area contributed by atoms with Crippen molar-refractivity contribution < 1.29 is 9.53 Å². The van der Waals surface area contributed by atoms with Gasteiger partial charge in [0, 0.05) is 6.92 Å². The van der Waals surface area contributed by atoms with Crippen LogP contribution < -0.4 is 0 Å². The summed E-state index contributed by atoms with van der Waals surface area (Å²) in [5.41, 5.74) is 1.06. The molecule has 4 saturated carbocycles. The summed E-state index contributed by atoms with van der Waals surface area (Å²) in [5, 5.41) is 0. The Morgan fingerprint density at radius 3 is 2.27 bits per heavy atom. The smallest absolute Gasteiger partial charge is 0.302 e. The fourth-order valence-electron chi connectivity index (χ4n) is 10.2. The first kappa shape index (κ1) is 25.6. The molecule has 190 valence electrons. The maximum absolute atomic E-state index is 11.5. The predicted molar refractivity (Wildman–Crippen MR) is 138 cm³/mol. The van der Waals surface area contributed by atoms with Crippen molar-refractivity contribution in [1.29, 1.82) is 0 Å². The third kappa shape index (κ3) is 4.67. The van der Waals surface area contributed by atoms with Crippen molar-refractivity contribution in [2.75, 3.05) is 0 Å². The van der Waals surface area contributed by atoms with E-state index in [4.69, 9.17) is 4.74 Å². The van der Waals surface area contributed by atoms with Gasteiger partial charge in [0.15, 0.2) is 0 Å². The van der Waals surface area contributed by atoms with Gasteiger partial charge in [0.1, 0.15) is 6.10 Å². The summed E-state index contributed by atoms with van der Waals surface area (Å²) in [7, 11) is 0. The Bertz CT molecular complexity index is 684. The van der Waals surface area contributed by atoms with Crippen molar-refractivity contribution in [2.24, 2.45) is 58.2 Å². The van der Waals surface area contributed by atoms with E-state index in [2.05, 4.69) is 41.5 Å². The van der Waals surface area contributed by atoms with Crippen LogP contribution in [-0.4, -0.2) is 12.1 Å². The van der Waals surface area contributed by atoms with Crippen molar-refractivity contribution in [3.63, 3.8) is 0 Å². The van der Waals surface area contributed by atoms with Gasteiger partial charge in [-0.3, -0.25) is 4.79 Å². The van der Waals surface area contributed by atoms with Crippen molar-refractivity contribution >= 4 is 5.97 Å². The molecule has 0 spiro atoms. The second-order valence-corrected chi connectivity index (χ2v) is 13.9. The van der Waals surface area contributed by atoms with Gasteiger partial charge in [-0.2, -0.15) is 0 Å². The number of hydrogen-bond acceptors (Lipinski definition) is 2. The number of carbonyl (C=O) groups excluding carboxylic acids is 1. The van der Waals surface area contributed by atoms with Crippen molar-refractivity contribution in [3.8, 4) is 0 Å². The minimum absolute atomic E-state index is 0.0875. The van der Waals surface area contributed by atoms with Gasteiger partial charge < -0.3 is 4.74 Å². The summed E-state index contributed by atoms with van der Waals surface area (Å²) in [5.74, 6) is 7.06. The lowest BCUT2D eigenvalue weighted by Gasteiger charge is -2.61. The number of rotatable bonds is 7. The number of esters is 1. The highest BCUT2D eigenvalue weighted by atomic mass is 16.5. The van der Waals surface area contributed by atoms with E-state index < -0.39 is 0 Å². The Hall–Kier alpha value is -0.530. The lowest BCUT2D eigenvalue weighted by Crippen LogP contribution is -2.54. The highest BCUT2D eigenvalue weighted by Crippen LogP contribution is 2.68. The SMILES string of the molecule is CCC(CCC(C)C1CCC2C3CCC4CC(OC(C)=O)CC[C@]4(C)C3CC[C@]12C)C(C)C. The van der Waals surface area contributed by atoms with Gasteiger partial charge in [0.05, 0.1) is 0 Å². The third-order valence-electron chi connectivity index (χ3n) is 12.2. The van der Waals surface area contributed by atoms with Crippen LogP contribution in [-0.2, 0) is 9.53 Å². The minimum atomic E-state index is -0.0875. The molecule has 0 radical (unpaired) electrons. The third-order valence-corrected chi connectivity index (χ3v) is 12.2. The first-order chi connectivity index (χ1) is 15.6. The van der Waals surface area contributed by atoms with Gasteiger partial charge >= 0.3 is 5.97 Å². The summed E-state index contributed by atoms with van der Waals surface area (Å²) in [6.07, 6.45) is 16.6. The van der Waals surface area contributed by atoms with Gasteiger partial charge in [-0.1, -0.05) is 54.4 Å². The maximum atomic E-state index is 11.5. The molecule has 8 unspecified atom stereocenters. The molecule has 0 bridgehead atoms. The molecule has 0 aromatic carbocycles. The molecule has 2 heteroatoms. The first-order valence-corrected chi connectivity index (χ1v) is 14.8. The van der Waals surface area contributed by atoms with Gasteiger partial charge in [-0.05, 0) is 122 Å². The predicted octanol–water partition coefficient (Wildman–Crippen LogP) is 8.68. The van der Waals surface area contributed by atoms with Gasteiger partial charge in [0.25, 0.3) is 0 Å². The molecule has 4 fully saturated rings. The molecular weight excluding hydrogens is 404 g/mol. The van der Waals surface area contributed by atoms with E-state index in [0.29, 0.717) is 10.8 Å². The number of hydrogen-bond donors (Lipinski definition) is 0. The Labute approximate surface area is 205 Å². The molecule has 0 aromatic rings. The molecule has 4 rings (SSSR count). The van der Waals surface area contributed by atoms with Crippen LogP contribution >= 0.6 is 0 Å². The van der Waals surface area contributed by atoms with Crippen molar-refractivity contribution in [3.05, 3.63) is 0 Å². The van der Waals surface area contributed by atoms with E-state index in [-0.39, 0.29) is 12.1 Å². The minimum Gasteiger partial charge on any atom is -0.463 e. The van der Waals surface area contributed by atoms with E-state index >= 15 is 0 Å². The topological polar surface area (TPSA) is 26.3 Å². The van der Waals surface area contributed by atoms with Gasteiger partial charge in [-0.15, -0.1) is 0 Å². The van der Waals surface area contributed by atoms with E-state index in [1.807, 2.05) is 0 Å². The molecule has 33 heavy (non-hydrogen) atoms. The van der Waals surface area contributed by atoms with Crippen LogP contribution in [0.25, 0.3) is 0 Å². The van der Waals surface area contributed by atoms with Crippen LogP contribution in [0.2, 0.25) is 0 Å². The van der Waals surface area contributed by atoms with Crippen LogP contribution in [0.15, 0.2) is 0 Å². The summed E-state index contributed by atoms with van der Waals surface area (Å²) in [4.78, 5) is 11.5. The zero-order valence-corrected chi connectivity index (χ0v) is 23.0. The monoisotopic (exact) mass is 458 g/mol. The van der Waals surface area contributed by atoms with Crippen LogP contribution in [0.5, 0.6) is 0 Å². The molecule has 4 aliphatic carbocycles. The van der Waals surface area contributed by atoms with E-state index in [1.54, 1.807) is 6.92 Å². The zero-order chi connectivity index (χ0) is 24.0. The second kappa shape index (κ2) is 9.85. The van der Waals surface area contributed by atoms with Crippen molar-refractivity contribution in [1.82, 2.24) is 0 Å². The summed E-state index contributed by atoms with van der Waals surface area (Å²) >= 11 is 0.